The van der Waals surface area contributed by atoms with E-state index in [9.17, 15) is 9.59 Å². The minimum atomic E-state index is -0.304. The topological polar surface area (TPSA) is 117 Å². The number of hydrogen-bond acceptors (Lipinski definition) is 7. The van der Waals surface area contributed by atoms with Crippen LogP contribution in [-0.4, -0.2) is 37.3 Å². The molecule has 0 aliphatic carbocycles. The van der Waals surface area contributed by atoms with E-state index in [0.29, 0.717) is 47.0 Å². The molecule has 0 radical (unpaired) electrons. The average molecular weight is 487 g/mol. The van der Waals surface area contributed by atoms with Gasteiger partial charge in [-0.25, -0.2) is 4.98 Å². The molecule has 0 spiro atoms. The number of aromatic nitrogens is 5. The molecule has 184 valence electrons. The largest absolute Gasteiger partial charge is 0.497 e. The number of carbonyl (C=O) groups excluding carboxylic acids is 1. The molecule has 5 aromatic rings. The molecule has 0 unspecified atom stereocenters. The van der Waals surface area contributed by atoms with E-state index in [-0.39, 0.29) is 24.6 Å². The number of methoxy groups -OCH3 is 1. The van der Waals surface area contributed by atoms with Crippen molar-refractivity contribution in [3.05, 3.63) is 82.5 Å². The average Bonchev–Trinajstić information content (AvgIpc) is 3.47. The zero-order valence-corrected chi connectivity index (χ0v) is 20.1. The summed E-state index contributed by atoms with van der Waals surface area (Å²) >= 11 is 0. The van der Waals surface area contributed by atoms with Gasteiger partial charge in [-0.15, -0.1) is 0 Å². The van der Waals surface area contributed by atoms with Crippen molar-refractivity contribution in [1.29, 1.82) is 0 Å². The van der Waals surface area contributed by atoms with Gasteiger partial charge >= 0.3 is 0 Å². The molecular weight excluding hydrogens is 460 g/mol. The molecule has 0 saturated heterocycles. The van der Waals surface area contributed by atoms with Crippen LogP contribution in [0.3, 0.4) is 0 Å². The highest BCUT2D eigenvalue weighted by Gasteiger charge is 2.20. The maximum absolute atomic E-state index is 13.6. The van der Waals surface area contributed by atoms with Gasteiger partial charge in [0, 0.05) is 18.4 Å². The van der Waals surface area contributed by atoms with Gasteiger partial charge in [-0.05, 0) is 30.2 Å². The maximum Gasteiger partial charge on any atom is 0.278 e. The quantitative estimate of drug-likeness (QED) is 0.340. The minimum absolute atomic E-state index is 0.0404. The normalized spacial score (nSPS) is 11.3. The number of ether oxygens (including phenoxy) is 1. The molecule has 0 aliphatic heterocycles. The van der Waals surface area contributed by atoms with Gasteiger partial charge < -0.3 is 19.1 Å². The minimum Gasteiger partial charge on any atom is -0.497 e. The number of fused-ring (bicyclic) bond motifs is 3. The lowest BCUT2D eigenvalue weighted by atomic mass is 10.2. The number of benzene rings is 2. The van der Waals surface area contributed by atoms with E-state index in [0.717, 1.165) is 17.4 Å². The maximum atomic E-state index is 13.6. The third kappa shape index (κ3) is 4.57. The Morgan fingerprint density at radius 1 is 1.17 bits per heavy atom. The molecule has 3 aromatic heterocycles. The summed E-state index contributed by atoms with van der Waals surface area (Å²) < 4.78 is 13.8. The first-order chi connectivity index (χ1) is 17.6. The Kier molecular flexibility index (Phi) is 6.48. The first-order valence-corrected chi connectivity index (χ1v) is 11.7. The number of nitrogens with one attached hydrogen (secondary N) is 1. The molecule has 0 atom stereocenters. The molecule has 0 saturated carbocycles. The molecule has 0 aliphatic rings. The SMILES string of the molecule is CCCc1noc(Cn2cnc3c4cc(OC)ccc4n(CC(=O)NCc4ccccc4)c3c2=O)n1. The van der Waals surface area contributed by atoms with E-state index in [1.165, 1.54) is 10.9 Å². The Morgan fingerprint density at radius 3 is 2.78 bits per heavy atom. The number of aryl methyl sites for hydroxylation is 1. The van der Waals surface area contributed by atoms with E-state index < -0.39 is 0 Å². The number of rotatable bonds is 9. The van der Waals surface area contributed by atoms with E-state index in [4.69, 9.17) is 9.26 Å². The number of nitrogens with zero attached hydrogens (tertiary/aromatic N) is 5. The van der Waals surface area contributed by atoms with Crippen LogP contribution in [-0.2, 0) is 30.8 Å². The molecule has 10 heteroatoms. The van der Waals surface area contributed by atoms with Crippen molar-refractivity contribution in [1.82, 2.24) is 29.6 Å². The fourth-order valence-corrected chi connectivity index (χ4v) is 4.20. The van der Waals surface area contributed by atoms with Crippen LogP contribution >= 0.6 is 0 Å². The molecule has 10 nitrogen and oxygen atoms in total. The standard InChI is InChI=1S/C26H26N6O4/c1-3-7-21-29-23(36-30-21)15-31-16-28-24-19-12-18(35-2)10-11-20(19)32(25(24)26(31)34)14-22(33)27-13-17-8-5-4-6-9-17/h4-6,8-12,16H,3,7,13-15H2,1-2H3,(H,27,33). The van der Waals surface area contributed by atoms with Crippen LogP contribution in [0.4, 0.5) is 0 Å². The number of amides is 1. The molecule has 0 bridgehead atoms. The second-order valence-electron chi connectivity index (χ2n) is 8.46. The second kappa shape index (κ2) is 10.0. The second-order valence-corrected chi connectivity index (χ2v) is 8.46. The Labute approximate surface area is 206 Å². The number of carbonyl (C=O) groups is 1. The van der Waals surface area contributed by atoms with Crippen LogP contribution in [0.2, 0.25) is 0 Å². The predicted octanol–water partition coefficient (Wildman–Crippen LogP) is 3.06. The third-order valence-corrected chi connectivity index (χ3v) is 5.96. The molecule has 3 heterocycles. The lowest BCUT2D eigenvalue weighted by Crippen LogP contribution is -2.29. The van der Waals surface area contributed by atoms with Crippen molar-refractivity contribution in [3.8, 4) is 5.75 Å². The first kappa shape index (κ1) is 23.3. The van der Waals surface area contributed by atoms with Crippen molar-refractivity contribution in [2.45, 2.75) is 39.4 Å². The van der Waals surface area contributed by atoms with E-state index in [1.54, 1.807) is 17.7 Å². The Bertz CT molecular complexity index is 1590. The highest BCUT2D eigenvalue weighted by molar-refractivity contribution is 6.06. The van der Waals surface area contributed by atoms with Crippen molar-refractivity contribution < 1.29 is 14.1 Å². The van der Waals surface area contributed by atoms with Crippen LogP contribution in [0.5, 0.6) is 5.75 Å². The Morgan fingerprint density at radius 2 is 2.00 bits per heavy atom. The summed E-state index contributed by atoms with van der Waals surface area (Å²) in [5.74, 6) is 1.34. The van der Waals surface area contributed by atoms with E-state index in [2.05, 4.69) is 20.4 Å². The van der Waals surface area contributed by atoms with Crippen LogP contribution in [0.1, 0.15) is 30.6 Å². The Hall–Kier alpha value is -4.47. The van der Waals surface area contributed by atoms with Gasteiger partial charge in [0.15, 0.2) is 5.82 Å². The summed E-state index contributed by atoms with van der Waals surface area (Å²) in [6.45, 7) is 2.47. The highest BCUT2D eigenvalue weighted by atomic mass is 16.5. The zero-order chi connectivity index (χ0) is 25.1. The molecule has 2 aromatic carbocycles. The van der Waals surface area contributed by atoms with Crippen molar-refractivity contribution in [2.24, 2.45) is 0 Å². The molecule has 36 heavy (non-hydrogen) atoms. The van der Waals surface area contributed by atoms with Crippen LogP contribution in [0.15, 0.2) is 64.2 Å². The van der Waals surface area contributed by atoms with Crippen LogP contribution in [0, 0.1) is 0 Å². The lowest BCUT2D eigenvalue weighted by Gasteiger charge is -2.09. The van der Waals surface area contributed by atoms with E-state index in [1.807, 2.05) is 49.4 Å². The molecule has 1 amide bonds. The summed E-state index contributed by atoms with van der Waals surface area (Å²) in [5.41, 5.74) is 2.22. The summed E-state index contributed by atoms with van der Waals surface area (Å²) in [5, 5.41) is 7.62. The van der Waals surface area contributed by atoms with Gasteiger partial charge in [-0.2, -0.15) is 4.98 Å². The Balaban J connectivity index is 1.53. The number of hydrogen-bond donors (Lipinski definition) is 1. The fourth-order valence-electron chi connectivity index (χ4n) is 4.20. The summed E-state index contributed by atoms with van der Waals surface area (Å²) in [6, 6.07) is 15.1. The predicted molar refractivity (Wildman–Crippen MR) is 134 cm³/mol. The monoisotopic (exact) mass is 486 g/mol. The summed E-state index contributed by atoms with van der Waals surface area (Å²) in [4.78, 5) is 35.5. The lowest BCUT2D eigenvalue weighted by molar-refractivity contribution is -0.121. The molecular formula is C26H26N6O4. The van der Waals surface area contributed by atoms with Crippen molar-refractivity contribution in [3.63, 3.8) is 0 Å². The zero-order valence-electron chi connectivity index (χ0n) is 20.1. The highest BCUT2D eigenvalue weighted by Crippen LogP contribution is 2.29. The smallest absolute Gasteiger partial charge is 0.278 e. The third-order valence-electron chi connectivity index (χ3n) is 5.96. The summed E-state index contributed by atoms with van der Waals surface area (Å²) in [6.07, 6.45) is 3.05. The molecule has 1 N–H and O–H groups in total. The molecule has 0 fully saturated rings. The van der Waals surface area contributed by atoms with Crippen LogP contribution in [0.25, 0.3) is 21.9 Å². The van der Waals surface area contributed by atoms with Crippen molar-refractivity contribution in [2.75, 3.05) is 7.11 Å². The van der Waals surface area contributed by atoms with Crippen molar-refractivity contribution >= 4 is 27.8 Å². The van der Waals surface area contributed by atoms with Gasteiger partial charge in [0.05, 0.1) is 19.0 Å². The fraction of sp³-hybridized carbons (Fsp3) is 0.269. The van der Waals surface area contributed by atoms with Gasteiger partial charge in [0.1, 0.15) is 29.9 Å². The van der Waals surface area contributed by atoms with E-state index >= 15 is 0 Å². The van der Waals surface area contributed by atoms with Crippen LogP contribution < -0.4 is 15.6 Å². The van der Waals surface area contributed by atoms with Gasteiger partial charge in [0.2, 0.25) is 11.8 Å². The molecule has 5 rings (SSSR count). The first-order valence-electron chi connectivity index (χ1n) is 11.7. The van der Waals surface area contributed by atoms with Gasteiger partial charge in [-0.1, -0.05) is 42.4 Å². The van der Waals surface area contributed by atoms with Gasteiger partial charge in [-0.3, -0.25) is 14.2 Å². The summed E-state index contributed by atoms with van der Waals surface area (Å²) in [7, 11) is 1.58. The van der Waals surface area contributed by atoms with Gasteiger partial charge in [0.25, 0.3) is 5.56 Å².